The van der Waals surface area contributed by atoms with Crippen LogP contribution in [-0.2, 0) is 9.31 Å². The van der Waals surface area contributed by atoms with Crippen molar-refractivity contribution in [3.63, 3.8) is 0 Å². The number of nitrogens with zero attached hydrogens (tertiary/aromatic N) is 1. The molecule has 0 aromatic carbocycles. The van der Waals surface area contributed by atoms with E-state index in [-0.39, 0.29) is 18.3 Å². The molecular formula is C13H24BNO2. The van der Waals surface area contributed by atoms with Crippen LogP contribution in [0.15, 0.2) is 11.5 Å². The topological polar surface area (TPSA) is 21.7 Å². The van der Waals surface area contributed by atoms with E-state index >= 15 is 0 Å². The molecule has 0 spiro atoms. The molecule has 17 heavy (non-hydrogen) atoms. The molecule has 2 aliphatic rings. The van der Waals surface area contributed by atoms with Crippen LogP contribution in [0.1, 0.15) is 41.0 Å². The Hall–Kier alpha value is -0.315. The summed E-state index contributed by atoms with van der Waals surface area (Å²) >= 11 is 0. The van der Waals surface area contributed by atoms with Crippen LogP contribution in [0, 0.1) is 0 Å². The highest BCUT2D eigenvalue weighted by Crippen LogP contribution is 2.39. The summed E-state index contributed by atoms with van der Waals surface area (Å²) in [4.78, 5) is 2.35. The average molecular weight is 237 g/mol. The van der Waals surface area contributed by atoms with Crippen LogP contribution >= 0.6 is 0 Å². The minimum atomic E-state index is -0.236. The van der Waals surface area contributed by atoms with Gasteiger partial charge in [-0.3, -0.25) is 0 Å². The van der Waals surface area contributed by atoms with Crippen LogP contribution in [0.5, 0.6) is 0 Å². The van der Waals surface area contributed by atoms with Crippen LogP contribution in [0.4, 0.5) is 0 Å². The van der Waals surface area contributed by atoms with Crippen molar-refractivity contribution in [3.8, 4) is 0 Å². The van der Waals surface area contributed by atoms with E-state index in [2.05, 4.69) is 52.6 Å². The Morgan fingerprint density at radius 1 is 1.24 bits per heavy atom. The van der Waals surface area contributed by atoms with Crippen molar-refractivity contribution < 1.29 is 9.31 Å². The van der Waals surface area contributed by atoms with Crippen molar-refractivity contribution in [2.75, 3.05) is 13.6 Å². The third-order valence-electron chi connectivity index (χ3n) is 4.46. The minimum Gasteiger partial charge on any atom is -0.400 e. The monoisotopic (exact) mass is 237 g/mol. The third-order valence-corrected chi connectivity index (χ3v) is 4.46. The highest BCUT2D eigenvalue weighted by Gasteiger charge is 2.52. The van der Waals surface area contributed by atoms with Gasteiger partial charge in [-0.05, 0) is 53.6 Å². The van der Waals surface area contributed by atoms with Crippen molar-refractivity contribution in [2.45, 2.75) is 58.3 Å². The molecule has 2 rings (SSSR count). The zero-order valence-corrected chi connectivity index (χ0v) is 11.9. The van der Waals surface area contributed by atoms with Gasteiger partial charge < -0.3 is 14.2 Å². The summed E-state index contributed by atoms with van der Waals surface area (Å²) in [6.45, 7) is 11.6. The van der Waals surface area contributed by atoms with E-state index in [0.717, 1.165) is 13.0 Å². The lowest BCUT2D eigenvalue weighted by Gasteiger charge is -2.32. The fourth-order valence-electron chi connectivity index (χ4n) is 2.18. The first kappa shape index (κ1) is 13.1. The lowest BCUT2D eigenvalue weighted by Crippen LogP contribution is -2.41. The Labute approximate surface area is 105 Å². The summed E-state index contributed by atoms with van der Waals surface area (Å²) in [6.07, 6.45) is 3.36. The average Bonchev–Trinajstić information content (AvgIpc) is 2.41. The molecule has 0 aromatic heterocycles. The van der Waals surface area contributed by atoms with Gasteiger partial charge in [-0.15, -0.1) is 0 Å². The van der Waals surface area contributed by atoms with Crippen molar-refractivity contribution >= 4 is 7.12 Å². The Kier molecular flexibility index (Phi) is 3.17. The molecule has 1 atom stereocenters. The summed E-state index contributed by atoms with van der Waals surface area (Å²) < 4.78 is 12.1. The largest absolute Gasteiger partial charge is 0.491 e. The first-order chi connectivity index (χ1) is 7.73. The molecule has 0 amide bonds. The Morgan fingerprint density at radius 3 is 2.24 bits per heavy atom. The van der Waals surface area contributed by atoms with Gasteiger partial charge in [-0.2, -0.15) is 0 Å². The summed E-state index contributed by atoms with van der Waals surface area (Å²) in [6, 6.07) is 0.612. The zero-order valence-electron chi connectivity index (χ0n) is 11.9. The summed E-state index contributed by atoms with van der Waals surface area (Å²) in [5.74, 6) is 0. The second-order valence-corrected chi connectivity index (χ2v) is 6.37. The highest BCUT2D eigenvalue weighted by molar-refractivity contribution is 6.54. The molecule has 2 aliphatic heterocycles. The van der Waals surface area contributed by atoms with Crippen molar-refractivity contribution in [1.29, 1.82) is 0 Å². The molecule has 4 heteroatoms. The van der Waals surface area contributed by atoms with Gasteiger partial charge in [0.2, 0.25) is 0 Å². The molecule has 3 nitrogen and oxygen atoms in total. The molecule has 2 heterocycles. The van der Waals surface area contributed by atoms with Gasteiger partial charge in [0.15, 0.2) is 0 Å². The molecule has 1 fully saturated rings. The predicted molar refractivity (Wildman–Crippen MR) is 70.9 cm³/mol. The highest BCUT2D eigenvalue weighted by atomic mass is 16.7. The van der Waals surface area contributed by atoms with Crippen LogP contribution in [0.3, 0.4) is 0 Å². The van der Waals surface area contributed by atoms with E-state index in [9.17, 15) is 0 Å². The fraction of sp³-hybridized carbons (Fsp3) is 0.846. The summed E-state index contributed by atoms with van der Waals surface area (Å²) in [5.41, 5.74) is 0.796. The molecule has 1 unspecified atom stereocenters. The zero-order chi connectivity index (χ0) is 12.8. The maximum atomic E-state index is 6.07. The number of hydrogen-bond donors (Lipinski definition) is 0. The van der Waals surface area contributed by atoms with Crippen LogP contribution < -0.4 is 0 Å². The Bertz CT molecular complexity index is 322. The standard InChI is InChI=1S/C13H24BNO2/c1-10-7-8-11(9-15(10)6)14-16-12(2,3)13(4,5)17-14/h8,10H,7,9H2,1-6H3. The number of rotatable bonds is 1. The molecule has 0 bridgehead atoms. The van der Waals surface area contributed by atoms with E-state index < -0.39 is 0 Å². The maximum Gasteiger partial charge on any atom is 0.491 e. The number of likely N-dealkylation sites (N-methyl/N-ethyl adjacent to an activating group) is 1. The van der Waals surface area contributed by atoms with E-state index in [1.807, 2.05) is 0 Å². The normalized spacial score (nSPS) is 32.7. The second-order valence-electron chi connectivity index (χ2n) is 6.37. The van der Waals surface area contributed by atoms with Crippen LogP contribution in [0.2, 0.25) is 0 Å². The lowest BCUT2D eigenvalue weighted by atomic mass is 9.75. The molecule has 0 N–H and O–H groups in total. The van der Waals surface area contributed by atoms with Crippen molar-refractivity contribution in [3.05, 3.63) is 11.5 Å². The van der Waals surface area contributed by atoms with Crippen LogP contribution in [0.25, 0.3) is 0 Å². The van der Waals surface area contributed by atoms with Gasteiger partial charge in [0.1, 0.15) is 0 Å². The van der Waals surface area contributed by atoms with Gasteiger partial charge in [-0.25, -0.2) is 0 Å². The second kappa shape index (κ2) is 4.11. The predicted octanol–water partition coefficient (Wildman–Crippen LogP) is 2.27. The molecule has 0 radical (unpaired) electrons. The first-order valence-electron chi connectivity index (χ1n) is 6.48. The van der Waals surface area contributed by atoms with Gasteiger partial charge >= 0.3 is 7.12 Å². The number of hydrogen-bond acceptors (Lipinski definition) is 3. The van der Waals surface area contributed by atoms with Gasteiger partial charge in [-0.1, -0.05) is 6.08 Å². The fourth-order valence-corrected chi connectivity index (χ4v) is 2.18. The minimum absolute atomic E-state index is 0.171. The molecular weight excluding hydrogens is 213 g/mol. The van der Waals surface area contributed by atoms with Gasteiger partial charge in [0, 0.05) is 12.6 Å². The summed E-state index contributed by atoms with van der Waals surface area (Å²) in [5, 5.41) is 0. The van der Waals surface area contributed by atoms with Crippen molar-refractivity contribution in [1.82, 2.24) is 4.90 Å². The van der Waals surface area contributed by atoms with Crippen LogP contribution in [-0.4, -0.2) is 42.9 Å². The van der Waals surface area contributed by atoms with Gasteiger partial charge in [0.05, 0.1) is 11.2 Å². The van der Waals surface area contributed by atoms with E-state index in [1.54, 1.807) is 0 Å². The SMILES string of the molecule is CC1CC=C(B2OC(C)(C)C(C)(C)O2)CN1C. The lowest BCUT2D eigenvalue weighted by molar-refractivity contribution is 0.00578. The molecule has 96 valence electrons. The van der Waals surface area contributed by atoms with E-state index in [1.165, 1.54) is 5.47 Å². The molecule has 0 aliphatic carbocycles. The van der Waals surface area contributed by atoms with Crippen molar-refractivity contribution in [2.24, 2.45) is 0 Å². The molecule has 1 saturated heterocycles. The van der Waals surface area contributed by atoms with Gasteiger partial charge in [0.25, 0.3) is 0 Å². The van der Waals surface area contributed by atoms with E-state index in [0.29, 0.717) is 6.04 Å². The smallest absolute Gasteiger partial charge is 0.400 e. The van der Waals surface area contributed by atoms with E-state index in [4.69, 9.17) is 9.31 Å². The maximum absolute atomic E-state index is 6.07. The quantitative estimate of drug-likeness (QED) is 0.653. The first-order valence-corrected chi connectivity index (χ1v) is 6.48. The Morgan fingerprint density at radius 2 is 1.76 bits per heavy atom. The summed E-state index contributed by atoms with van der Waals surface area (Å²) in [7, 11) is 1.98. The third kappa shape index (κ3) is 2.31. The molecule has 0 aromatic rings. The molecule has 0 saturated carbocycles. The Balaban J connectivity index is 2.12.